The number of phenols is 1. The molecule has 0 saturated carbocycles. The Morgan fingerprint density at radius 1 is 1.03 bits per heavy atom. The van der Waals surface area contributed by atoms with Gasteiger partial charge in [0.05, 0.1) is 15.2 Å². The van der Waals surface area contributed by atoms with Crippen LogP contribution in [0.4, 0.5) is 0 Å². The van der Waals surface area contributed by atoms with Crippen molar-refractivity contribution in [2.45, 2.75) is 0 Å². The quantitative estimate of drug-likeness (QED) is 0.303. The van der Waals surface area contributed by atoms with Gasteiger partial charge in [0.25, 0.3) is 0 Å². The average molecular weight is 521 g/mol. The van der Waals surface area contributed by atoms with E-state index in [1.807, 2.05) is 30.3 Å². The lowest BCUT2D eigenvalue weighted by molar-refractivity contribution is -0.142. The highest BCUT2D eigenvalue weighted by molar-refractivity contribution is 9.11. The Balaban J connectivity index is 1.83. The monoisotopic (exact) mass is 519 g/mol. The third-order valence-corrected chi connectivity index (χ3v) is 4.94. The van der Waals surface area contributed by atoms with Gasteiger partial charge in [0, 0.05) is 5.56 Å². The second-order valence-electron chi connectivity index (χ2n) is 5.86. The number of phenolic OH excluding ortho intramolecular Hbond substituents is 1. The van der Waals surface area contributed by atoms with Crippen molar-refractivity contribution in [2.24, 2.45) is 5.16 Å². The number of hydrogen-bond acceptors (Lipinski definition) is 5. The molecule has 0 aliphatic rings. The standard InChI is InChI=1S/C21H15Br2NO5/c22-17-8-13(11-24-28-12-20(26)27)9-18(23)21(17)29-15-6-7-19(25)16(10-15)14-4-2-1-3-5-14/h1-11,25H,12H2,(H,26,27). The van der Waals surface area contributed by atoms with Crippen molar-refractivity contribution in [1.82, 2.24) is 0 Å². The molecule has 0 aliphatic heterocycles. The highest BCUT2D eigenvalue weighted by Crippen LogP contribution is 2.40. The number of aromatic hydroxyl groups is 1. The second kappa shape index (κ2) is 9.58. The number of carboxylic acid groups (broad SMARTS) is 1. The Morgan fingerprint density at radius 2 is 1.72 bits per heavy atom. The fourth-order valence-electron chi connectivity index (χ4n) is 2.49. The van der Waals surface area contributed by atoms with E-state index in [1.165, 1.54) is 6.21 Å². The Bertz CT molecular complexity index is 1030. The van der Waals surface area contributed by atoms with Gasteiger partial charge in [-0.2, -0.15) is 0 Å². The van der Waals surface area contributed by atoms with Crippen LogP contribution in [0.25, 0.3) is 11.1 Å². The van der Waals surface area contributed by atoms with Crippen LogP contribution >= 0.6 is 31.9 Å². The van der Waals surface area contributed by atoms with E-state index < -0.39 is 12.6 Å². The third-order valence-electron chi connectivity index (χ3n) is 3.76. The van der Waals surface area contributed by atoms with Crippen LogP contribution in [0.1, 0.15) is 5.56 Å². The number of carboxylic acids is 1. The number of carbonyl (C=O) groups is 1. The molecular weight excluding hydrogens is 506 g/mol. The molecule has 0 aliphatic carbocycles. The van der Waals surface area contributed by atoms with Crippen LogP contribution in [0.3, 0.4) is 0 Å². The Kier molecular flexibility index (Phi) is 6.90. The van der Waals surface area contributed by atoms with Gasteiger partial charge >= 0.3 is 5.97 Å². The van der Waals surface area contributed by atoms with Crippen LogP contribution < -0.4 is 4.74 Å². The van der Waals surface area contributed by atoms with E-state index in [9.17, 15) is 9.90 Å². The smallest absolute Gasteiger partial charge is 0.344 e. The van der Waals surface area contributed by atoms with E-state index in [-0.39, 0.29) is 5.75 Å². The molecule has 6 nitrogen and oxygen atoms in total. The molecule has 0 atom stereocenters. The number of ether oxygens (including phenoxy) is 1. The first-order chi connectivity index (χ1) is 13.9. The predicted octanol–water partition coefficient (Wildman–Crippen LogP) is 5.81. The number of benzene rings is 3. The zero-order chi connectivity index (χ0) is 20.8. The highest BCUT2D eigenvalue weighted by atomic mass is 79.9. The van der Waals surface area contributed by atoms with Crippen LogP contribution in [0.2, 0.25) is 0 Å². The van der Waals surface area contributed by atoms with Crippen molar-refractivity contribution < 1.29 is 24.6 Å². The molecule has 0 aromatic heterocycles. The van der Waals surface area contributed by atoms with Crippen LogP contribution in [0.15, 0.2) is 74.8 Å². The predicted molar refractivity (Wildman–Crippen MR) is 117 cm³/mol. The summed E-state index contributed by atoms with van der Waals surface area (Å²) in [6.07, 6.45) is 1.40. The number of hydrogen-bond donors (Lipinski definition) is 2. The molecule has 3 aromatic rings. The van der Waals surface area contributed by atoms with Gasteiger partial charge in [0.2, 0.25) is 6.61 Å². The molecule has 8 heteroatoms. The van der Waals surface area contributed by atoms with E-state index in [0.717, 1.165) is 5.56 Å². The van der Waals surface area contributed by atoms with E-state index in [0.29, 0.717) is 31.6 Å². The van der Waals surface area contributed by atoms with Crippen molar-refractivity contribution in [3.63, 3.8) is 0 Å². The first-order valence-corrected chi connectivity index (χ1v) is 9.95. The first-order valence-electron chi connectivity index (χ1n) is 8.36. The van der Waals surface area contributed by atoms with E-state index in [2.05, 4.69) is 41.9 Å². The highest BCUT2D eigenvalue weighted by Gasteiger charge is 2.12. The maximum Gasteiger partial charge on any atom is 0.344 e. The van der Waals surface area contributed by atoms with Crippen LogP contribution in [-0.2, 0) is 9.63 Å². The van der Waals surface area contributed by atoms with E-state index >= 15 is 0 Å². The van der Waals surface area contributed by atoms with Gasteiger partial charge in [-0.05, 0) is 73.3 Å². The first kappa shape index (κ1) is 20.9. The van der Waals surface area contributed by atoms with Gasteiger partial charge in [0.1, 0.15) is 11.5 Å². The molecule has 29 heavy (non-hydrogen) atoms. The topological polar surface area (TPSA) is 88.4 Å². The summed E-state index contributed by atoms with van der Waals surface area (Å²) < 4.78 is 7.32. The molecule has 3 rings (SSSR count). The second-order valence-corrected chi connectivity index (χ2v) is 7.57. The molecule has 0 bridgehead atoms. The van der Waals surface area contributed by atoms with Crippen molar-refractivity contribution in [3.8, 4) is 28.4 Å². The summed E-state index contributed by atoms with van der Waals surface area (Å²) in [6.45, 7) is -0.509. The van der Waals surface area contributed by atoms with Gasteiger partial charge in [-0.25, -0.2) is 4.79 Å². The Labute approximate surface area is 183 Å². The molecule has 2 N–H and O–H groups in total. The summed E-state index contributed by atoms with van der Waals surface area (Å²) in [7, 11) is 0. The number of aliphatic carboxylic acids is 1. The Hall–Kier alpha value is -2.84. The average Bonchev–Trinajstić information content (AvgIpc) is 2.70. The summed E-state index contributed by atoms with van der Waals surface area (Å²) in [5.74, 6) is 0.152. The zero-order valence-electron chi connectivity index (χ0n) is 14.9. The van der Waals surface area contributed by atoms with Crippen molar-refractivity contribution in [1.29, 1.82) is 0 Å². The summed E-state index contributed by atoms with van der Waals surface area (Å²) in [5, 5.41) is 22.4. The molecule has 0 fully saturated rings. The van der Waals surface area contributed by atoms with Gasteiger partial charge in [0.15, 0.2) is 5.75 Å². The van der Waals surface area contributed by atoms with E-state index in [4.69, 9.17) is 9.84 Å². The Morgan fingerprint density at radius 3 is 2.38 bits per heavy atom. The molecule has 0 heterocycles. The molecular formula is C21H15Br2NO5. The minimum atomic E-state index is -1.10. The summed E-state index contributed by atoms with van der Waals surface area (Å²) in [6, 6.07) is 18.1. The molecule has 0 spiro atoms. The molecule has 0 amide bonds. The zero-order valence-corrected chi connectivity index (χ0v) is 18.1. The van der Waals surface area contributed by atoms with Crippen LogP contribution in [-0.4, -0.2) is 29.0 Å². The lowest BCUT2D eigenvalue weighted by Gasteiger charge is -2.13. The lowest BCUT2D eigenvalue weighted by Crippen LogP contribution is -2.03. The van der Waals surface area contributed by atoms with Gasteiger partial charge in [-0.1, -0.05) is 35.5 Å². The van der Waals surface area contributed by atoms with Gasteiger partial charge < -0.3 is 19.8 Å². The summed E-state index contributed by atoms with van der Waals surface area (Å²) in [4.78, 5) is 15.1. The van der Waals surface area contributed by atoms with Crippen molar-refractivity contribution in [2.75, 3.05) is 6.61 Å². The minimum Gasteiger partial charge on any atom is -0.507 e. The van der Waals surface area contributed by atoms with Crippen molar-refractivity contribution >= 4 is 44.0 Å². The van der Waals surface area contributed by atoms with E-state index in [1.54, 1.807) is 30.3 Å². The number of oxime groups is 1. The third kappa shape index (κ3) is 5.58. The molecule has 0 saturated heterocycles. The van der Waals surface area contributed by atoms with Gasteiger partial charge in [-0.3, -0.25) is 0 Å². The summed E-state index contributed by atoms with van der Waals surface area (Å²) >= 11 is 6.93. The summed E-state index contributed by atoms with van der Waals surface area (Å²) in [5.41, 5.74) is 2.22. The molecule has 0 radical (unpaired) electrons. The van der Waals surface area contributed by atoms with Gasteiger partial charge in [-0.15, -0.1) is 0 Å². The normalized spacial score (nSPS) is 10.8. The number of halogens is 2. The number of rotatable bonds is 7. The largest absolute Gasteiger partial charge is 0.507 e. The maximum atomic E-state index is 10.4. The fourth-order valence-corrected chi connectivity index (χ4v) is 3.87. The molecule has 3 aromatic carbocycles. The molecule has 0 unspecified atom stereocenters. The lowest BCUT2D eigenvalue weighted by atomic mass is 10.0. The number of nitrogens with zero attached hydrogens (tertiary/aromatic N) is 1. The van der Waals surface area contributed by atoms with Crippen LogP contribution in [0, 0.1) is 0 Å². The SMILES string of the molecule is O=C(O)CON=Cc1cc(Br)c(Oc2ccc(O)c(-c3ccccc3)c2)c(Br)c1. The minimum absolute atomic E-state index is 0.162. The molecule has 148 valence electrons. The van der Waals surface area contributed by atoms with Crippen LogP contribution in [0.5, 0.6) is 17.2 Å². The fraction of sp³-hybridized carbons (Fsp3) is 0.0476. The van der Waals surface area contributed by atoms with Crippen molar-refractivity contribution in [3.05, 3.63) is 75.2 Å². The maximum absolute atomic E-state index is 10.4.